The molecular formula is C23H19ClN2O2. The fourth-order valence-corrected chi connectivity index (χ4v) is 3.20. The molecule has 140 valence electrons. The minimum Gasteiger partial charge on any atom is -0.457 e. The van der Waals surface area contributed by atoms with Crippen LogP contribution in [0.4, 0.5) is 5.69 Å². The average molecular weight is 391 g/mol. The third-order valence-electron chi connectivity index (χ3n) is 4.71. The van der Waals surface area contributed by atoms with Gasteiger partial charge in [0.1, 0.15) is 11.5 Å². The van der Waals surface area contributed by atoms with Crippen molar-refractivity contribution in [2.75, 3.05) is 5.01 Å². The molecule has 0 aliphatic carbocycles. The normalized spacial score (nSPS) is 15.4. The molecule has 28 heavy (non-hydrogen) atoms. The summed E-state index contributed by atoms with van der Waals surface area (Å²) in [5.41, 5.74) is 4.95. The van der Waals surface area contributed by atoms with Crippen molar-refractivity contribution in [1.82, 2.24) is 0 Å². The molecule has 0 fully saturated rings. The zero-order chi connectivity index (χ0) is 19.8. The molecule has 0 bridgehead atoms. The summed E-state index contributed by atoms with van der Waals surface area (Å²) < 4.78 is 5.92. The van der Waals surface area contributed by atoms with E-state index in [9.17, 15) is 4.79 Å². The van der Waals surface area contributed by atoms with Gasteiger partial charge in [0, 0.05) is 10.6 Å². The molecule has 4 nitrogen and oxygen atoms in total. The van der Waals surface area contributed by atoms with Crippen molar-refractivity contribution in [2.24, 2.45) is 5.10 Å². The largest absolute Gasteiger partial charge is 0.457 e. The van der Waals surface area contributed by atoms with Gasteiger partial charge in [-0.2, -0.15) is 10.1 Å². The number of benzene rings is 2. The van der Waals surface area contributed by atoms with Gasteiger partial charge in [0.2, 0.25) is 0 Å². The lowest BCUT2D eigenvalue weighted by atomic mass is 10.1. The molecule has 1 aliphatic heterocycles. The number of aryl methyl sites for hydroxylation is 2. The van der Waals surface area contributed by atoms with Crippen molar-refractivity contribution < 1.29 is 9.21 Å². The van der Waals surface area contributed by atoms with Gasteiger partial charge in [0.05, 0.1) is 17.0 Å². The van der Waals surface area contributed by atoms with Gasteiger partial charge in [-0.05, 0) is 62.7 Å². The SMILES string of the molecule is CC1=NN(c2ccc(C)cc2)C(=O)/C1=C/c1ccc(-c2ccc(C)c(Cl)c2)o1. The van der Waals surface area contributed by atoms with Crippen LogP contribution in [0.3, 0.4) is 0 Å². The van der Waals surface area contributed by atoms with Gasteiger partial charge in [-0.25, -0.2) is 0 Å². The maximum Gasteiger partial charge on any atom is 0.280 e. The Morgan fingerprint density at radius 3 is 2.46 bits per heavy atom. The summed E-state index contributed by atoms with van der Waals surface area (Å²) in [5.74, 6) is 1.12. The number of halogens is 1. The molecule has 2 heterocycles. The first-order valence-electron chi connectivity index (χ1n) is 8.97. The molecule has 0 N–H and O–H groups in total. The highest BCUT2D eigenvalue weighted by molar-refractivity contribution is 6.32. The maximum absolute atomic E-state index is 12.8. The number of amides is 1. The van der Waals surface area contributed by atoms with Gasteiger partial charge in [0.15, 0.2) is 0 Å². The van der Waals surface area contributed by atoms with Crippen molar-refractivity contribution in [3.8, 4) is 11.3 Å². The number of nitrogens with zero attached hydrogens (tertiary/aromatic N) is 2. The van der Waals surface area contributed by atoms with E-state index in [0.29, 0.717) is 27.8 Å². The van der Waals surface area contributed by atoms with E-state index < -0.39 is 0 Å². The molecule has 0 spiro atoms. The second-order valence-corrected chi connectivity index (χ2v) is 7.27. The molecule has 1 aliphatic rings. The lowest BCUT2D eigenvalue weighted by Gasteiger charge is -2.11. The number of anilines is 1. The van der Waals surface area contributed by atoms with E-state index in [2.05, 4.69) is 5.10 Å². The summed E-state index contributed by atoms with van der Waals surface area (Å²) in [4.78, 5) is 12.8. The van der Waals surface area contributed by atoms with Gasteiger partial charge in [0.25, 0.3) is 5.91 Å². The summed E-state index contributed by atoms with van der Waals surface area (Å²) in [6, 6.07) is 17.2. The summed E-state index contributed by atoms with van der Waals surface area (Å²) >= 11 is 6.21. The van der Waals surface area contributed by atoms with Crippen LogP contribution < -0.4 is 5.01 Å². The summed E-state index contributed by atoms with van der Waals surface area (Å²) in [6.07, 6.45) is 1.73. The van der Waals surface area contributed by atoms with E-state index in [1.807, 2.05) is 75.4 Å². The fraction of sp³-hybridized carbons (Fsp3) is 0.130. The Balaban J connectivity index is 1.62. The monoisotopic (exact) mass is 390 g/mol. The van der Waals surface area contributed by atoms with E-state index in [1.54, 1.807) is 6.08 Å². The van der Waals surface area contributed by atoms with Gasteiger partial charge in [-0.1, -0.05) is 41.4 Å². The van der Waals surface area contributed by atoms with Crippen LogP contribution >= 0.6 is 11.6 Å². The highest BCUT2D eigenvalue weighted by Gasteiger charge is 2.29. The zero-order valence-electron chi connectivity index (χ0n) is 15.9. The standard InChI is InChI=1S/C23H19ClN2O2/c1-14-4-8-18(9-5-14)26-23(27)20(16(3)25-26)13-19-10-11-22(28-19)17-7-6-15(2)21(24)12-17/h4-13H,1-3H3/b20-13+. The van der Waals surface area contributed by atoms with Crippen LogP contribution in [0.25, 0.3) is 17.4 Å². The number of rotatable bonds is 3. The van der Waals surface area contributed by atoms with E-state index >= 15 is 0 Å². The van der Waals surface area contributed by atoms with E-state index in [4.69, 9.17) is 16.0 Å². The molecule has 4 rings (SSSR count). The first kappa shape index (κ1) is 18.3. The van der Waals surface area contributed by atoms with Gasteiger partial charge >= 0.3 is 0 Å². The fourth-order valence-electron chi connectivity index (χ4n) is 3.02. The van der Waals surface area contributed by atoms with Crippen LogP contribution in [0, 0.1) is 13.8 Å². The second-order valence-electron chi connectivity index (χ2n) is 6.86. The molecule has 2 aromatic carbocycles. The highest BCUT2D eigenvalue weighted by atomic mass is 35.5. The third kappa shape index (κ3) is 3.39. The summed E-state index contributed by atoms with van der Waals surface area (Å²) in [6.45, 7) is 5.78. The number of carbonyl (C=O) groups excluding carboxylic acids is 1. The molecule has 1 amide bonds. The van der Waals surface area contributed by atoms with Crippen molar-refractivity contribution in [2.45, 2.75) is 20.8 Å². The minimum absolute atomic E-state index is 0.169. The molecule has 5 heteroatoms. The van der Waals surface area contributed by atoms with Crippen LogP contribution in [0.2, 0.25) is 5.02 Å². The smallest absolute Gasteiger partial charge is 0.280 e. The van der Waals surface area contributed by atoms with Crippen LogP contribution in [0.1, 0.15) is 23.8 Å². The lowest BCUT2D eigenvalue weighted by Crippen LogP contribution is -2.21. The topological polar surface area (TPSA) is 45.8 Å². The van der Waals surface area contributed by atoms with E-state index in [1.165, 1.54) is 5.01 Å². The number of hydrogen-bond acceptors (Lipinski definition) is 3. The van der Waals surface area contributed by atoms with Crippen LogP contribution in [0.15, 0.2) is 69.7 Å². The molecule has 3 aromatic rings. The molecule has 1 aromatic heterocycles. The average Bonchev–Trinajstić information content (AvgIpc) is 3.25. The Kier molecular flexibility index (Phi) is 4.65. The van der Waals surface area contributed by atoms with Crippen LogP contribution in [0.5, 0.6) is 0 Å². The Hall–Kier alpha value is -3.11. The third-order valence-corrected chi connectivity index (χ3v) is 5.12. The zero-order valence-corrected chi connectivity index (χ0v) is 16.6. The number of hydrogen-bond donors (Lipinski definition) is 0. The molecule has 0 unspecified atom stereocenters. The molecule has 0 radical (unpaired) electrons. The second kappa shape index (κ2) is 7.13. The number of furan rings is 1. The Morgan fingerprint density at radius 2 is 1.75 bits per heavy atom. The first-order chi connectivity index (χ1) is 13.4. The predicted molar refractivity (Wildman–Crippen MR) is 114 cm³/mol. The highest BCUT2D eigenvalue weighted by Crippen LogP contribution is 2.29. The van der Waals surface area contributed by atoms with Crippen molar-refractivity contribution in [3.63, 3.8) is 0 Å². The number of hydrazone groups is 1. The van der Waals surface area contributed by atoms with Crippen molar-refractivity contribution in [3.05, 3.63) is 82.1 Å². The molecule has 0 saturated carbocycles. The van der Waals surface area contributed by atoms with Crippen LogP contribution in [-0.2, 0) is 4.79 Å². The molecular weight excluding hydrogens is 372 g/mol. The van der Waals surface area contributed by atoms with E-state index in [-0.39, 0.29) is 5.91 Å². The van der Waals surface area contributed by atoms with Crippen molar-refractivity contribution >= 4 is 35.0 Å². The molecule has 0 saturated heterocycles. The Morgan fingerprint density at radius 1 is 1.00 bits per heavy atom. The lowest BCUT2D eigenvalue weighted by molar-refractivity contribution is -0.114. The van der Waals surface area contributed by atoms with Crippen LogP contribution in [-0.4, -0.2) is 11.6 Å². The van der Waals surface area contributed by atoms with Gasteiger partial charge < -0.3 is 4.42 Å². The van der Waals surface area contributed by atoms with Crippen molar-refractivity contribution in [1.29, 1.82) is 0 Å². The molecule has 0 atom stereocenters. The summed E-state index contributed by atoms with van der Waals surface area (Å²) in [5, 5.41) is 6.52. The number of carbonyl (C=O) groups is 1. The maximum atomic E-state index is 12.8. The van der Waals surface area contributed by atoms with Gasteiger partial charge in [-0.3, -0.25) is 4.79 Å². The quantitative estimate of drug-likeness (QED) is 0.513. The first-order valence-corrected chi connectivity index (χ1v) is 9.35. The van der Waals surface area contributed by atoms with E-state index in [0.717, 1.165) is 22.4 Å². The van der Waals surface area contributed by atoms with Gasteiger partial charge in [-0.15, -0.1) is 0 Å². The Labute approximate surface area is 168 Å². The Bertz CT molecular complexity index is 1120. The summed E-state index contributed by atoms with van der Waals surface area (Å²) in [7, 11) is 0. The minimum atomic E-state index is -0.169. The predicted octanol–water partition coefficient (Wildman–Crippen LogP) is 6.02.